The third kappa shape index (κ3) is 3.89. The molecule has 0 bridgehead atoms. The molecule has 120 valence electrons. The maximum atomic E-state index is 12.2. The number of carbonyl (C=O) groups is 2. The number of nitrogens with zero attached hydrogens (tertiary/aromatic N) is 1. The van der Waals surface area contributed by atoms with Gasteiger partial charge in [0.2, 0.25) is 21.8 Å². The highest BCUT2D eigenvalue weighted by Gasteiger charge is 2.52. The normalized spacial score (nSPS) is 28.8. The molecule has 0 aliphatic carbocycles. The smallest absolute Gasteiger partial charge is 0.243 e. The van der Waals surface area contributed by atoms with Gasteiger partial charge in [0.25, 0.3) is 0 Å². The fourth-order valence-corrected chi connectivity index (χ4v) is 4.64. The van der Waals surface area contributed by atoms with Crippen LogP contribution >= 0.6 is 11.8 Å². The van der Waals surface area contributed by atoms with E-state index in [0.29, 0.717) is 31.7 Å². The predicted octanol–water partition coefficient (Wildman–Crippen LogP) is -0.504. The molecule has 0 spiro atoms. The molecular formula is C12H21N3O4S2. The molecule has 2 aliphatic rings. The molecule has 2 fully saturated rings. The van der Waals surface area contributed by atoms with Crippen molar-refractivity contribution in [1.29, 1.82) is 0 Å². The SMILES string of the molecule is C[C@@]12CCC(=O)N1[C@H](C(=O)NCCCNS(C)(=O)=O)CS2. The lowest BCUT2D eigenvalue weighted by atomic mass is 10.2. The maximum Gasteiger partial charge on any atom is 0.243 e. The summed E-state index contributed by atoms with van der Waals surface area (Å²) in [6.07, 6.45) is 2.91. The van der Waals surface area contributed by atoms with Gasteiger partial charge in [-0.25, -0.2) is 13.1 Å². The third-order valence-corrected chi connectivity index (χ3v) is 6.00. The molecule has 0 radical (unpaired) electrons. The van der Waals surface area contributed by atoms with Gasteiger partial charge in [-0.2, -0.15) is 0 Å². The summed E-state index contributed by atoms with van der Waals surface area (Å²) < 4.78 is 24.1. The molecule has 0 aromatic rings. The average Bonchev–Trinajstić information content (AvgIpc) is 2.85. The average molecular weight is 335 g/mol. The molecular weight excluding hydrogens is 314 g/mol. The quantitative estimate of drug-likeness (QED) is 0.638. The monoisotopic (exact) mass is 335 g/mol. The van der Waals surface area contributed by atoms with Crippen LogP contribution in [0.25, 0.3) is 0 Å². The molecule has 2 heterocycles. The van der Waals surface area contributed by atoms with Crippen molar-refractivity contribution >= 4 is 33.6 Å². The lowest BCUT2D eigenvalue weighted by molar-refractivity contribution is -0.137. The zero-order valence-corrected chi connectivity index (χ0v) is 13.8. The number of rotatable bonds is 6. The Kier molecular flexibility index (Phi) is 4.84. The highest BCUT2D eigenvalue weighted by atomic mass is 32.2. The molecule has 0 unspecified atom stereocenters. The van der Waals surface area contributed by atoms with Crippen molar-refractivity contribution in [1.82, 2.24) is 14.9 Å². The van der Waals surface area contributed by atoms with E-state index in [1.54, 1.807) is 16.7 Å². The molecule has 2 amide bonds. The first kappa shape index (κ1) is 16.6. The first-order chi connectivity index (χ1) is 9.73. The van der Waals surface area contributed by atoms with Crippen LogP contribution in [-0.2, 0) is 19.6 Å². The maximum absolute atomic E-state index is 12.2. The second-order valence-corrected chi connectivity index (χ2v) is 8.91. The first-order valence-electron chi connectivity index (χ1n) is 6.91. The molecule has 21 heavy (non-hydrogen) atoms. The number of hydrogen-bond donors (Lipinski definition) is 2. The minimum atomic E-state index is -3.19. The molecule has 2 saturated heterocycles. The van der Waals surface area contributed by atoms with Crippen LogP contribution in [0.15, 0.2) is 0 Å². The summed E-state index contributed by atoms with van der Waals surface area (Å²) in [5.41, 5.74) is 0. The van der Waals surface area contributed by atoms with E-state index in [4.69, 9.17) is 0 Å². The Balaban J connectivity index is 1.78. The van der Waals surface area contributed by atoms with E-state index in [1.165, 1.54) is 0 Å². The summed E-state index contributed by atoms with van der Waals surface area (Å²) >= 11 is 1.66. The van der Waals surface area contributed by atoms with Crippen molar-refractivity contribution in [3.63, 3.8) is 0 Å². The molecule has 2 rings (SSSR count). The number of carbonyl (C=O) groups excluding carboxylic acids is 2. The lowest BCUT2D eigenvalue weighted by Crippen LogP contribution is -2.50. The molecule has 2 aliphatic heterocycles. The molecule has 2 N–H and O–H groups in total. The van der Waals surface area contributed by atoms with Crippen LogP contribution in [0.2, 0.25) is 0 Å². The summed E-state index contributed by atoms with van der Waals surface area (Å²) in [6, 6.07) is -0.405. The van der Waals surface area contributed by atoms with E-state index in [-0.39, 0.29) is 16.7 Å². The third-order valence-electron chi connectivity index (χ3n) is 3.76. The van der Waals surface area contributed by atoms with Crippen molar-refractivity contribution in [2.24, 2.45) is 0 Å². The van der Waals surface area contributed by atoms with Crippen LogP contribution in [-0.4, -0.2) is 61.1 Å². The number of sulfonamides is 1. The van der Waals surface area contributed by atoms with Gasteiger partial charge in [-0.3, -0.25) is 9.59 Å². The Bertz CT molecular complexity index is 537. The van der Waals surface area contributed by atoms with Gasteiger partial charge in [0, 0.05) is 25.3 Å². The highest BCUT2D eigenvalue weighted by Crippen LogP contribution is 2.47. The van der Waals surface area contributed by atoms with E-state index in [0.717, 1.165) is 12.7 Å². The number of amides is 2. The van der Waals surface area contributed by atoms with Crippen molar-refractivity contribution < 1.29 is 18.0 Å². The van der Waals surface area contributed by atoms with E-state index in [2.05, 4.69) is 10.0 Å². The van der Waals surface area contributed by atoms with Crippen molar-refractivity contribution in [3.05, 3.63) is 0 Å². The molecule has 2 atom stereocenters. The summed E-state index contributed by atoms with van der Waals surface area (Å²) in [5, 5.41) is 2.78. The largest absolute Gasteiger partial charge is 0.354 e. The molecule has 7 nitrogen and oxygen atoms in total. The van der Waals surface area contributed by atoms with Gasteiger partial charge in [0.15, 0.2) is 0 Å². The van der Waals surface area contributed by atoms with Crippen LogP contribution in [0, 0.1) is 0 Å². The Morgan fingerprint density at radius 3 is 2.86 bits per heavy atom. The van der Waals surface area contributed by atoms with Gasteiger partial charge in [-0.15, -0.1) is 11.8 Å². The van der Waals surface area contributed by atoms with Crippen molar-refractivity contribution in [3.8, 4) is 0 Å². The van der Waals surface area contributed by atoms with Gasteiger partial charge in [0.1, 0.15) is 6.04 Å². The van der Waals surface area contributed by atoms with Gasteiger partial charge < -0.3 is 10.2 Å². The summed E-state index contributed by atoms with van der Waals surface area (Å²) in [4.78, 5) is 25.6. The fourth-order valence-electron chi connectivity index (χ4n) is 2.69. The fraction of sp³-hybridized carbons (Fsp3) is 0.833. The van der Waals surface area contributed by atoms with Crippen LogP contribution in [0.5, 0.6) is 0 Å². The van der Waals surface area contributed by atoms with Crippen molar-refractivity contribution in [2.75, 3.05) is 25.1 Å². The van der Waals surface area contributed by atoms with Crippen molar-refractivity contribution in [2.45, 2.75) is 37.1 Å². The molecule has 0 saturated carbocycles. The second-order valence-electron chi connectivity index (χ2n) is 5.58. The van der Waals surface area contributed by atoms with E-state index >= 15 is 0 Å². The summed E-state index contributed by atoms with van der Waals surface area (Å²) in [5.74, 6) is 0.512. The minimum absolute atomic E-state index is 0.0430. The van der Waals surface area contributed by atoms with Gasteiger partial charge in [0.05, 0.1) is 11.1 Å². The van der Waals surface area contributed by atoms with E-state index < -0.39 is 16.1 Å². The van der Waals surface area contributed by atoms with Crippen LogP contribution in [0.3, 0.4) is 0 Å². The highest BCUT2D eigenvalue weighted by molar-refractivity contribution is 8.01. The van der Waals surface area contributed by atoms with Crippen LogP contribution in [0.4, 0.5) is 0 Å². The zero-order valence-electron chi connectivity index (χ0n) is 12.2. The number of thioether (sulfide) groups is 1. The lowest BCUT2D eigenvalue weighted by Gasteiger charge is -2.29. The number of fused-ring (bicyclic) bond motifs is 1. The van der Waals surface area contributed by atoms with E-state index in [1.807, 2.05) is 6.92 Å². The second kappa shape index (κ2) is 6.13. The van der Waals surface area contributed by atoms with E-state index in [9.17, 15) is 18.0 Å². The molecule has 9 heteroatoms. The number of nitrogens with one attached hydrogen (secondary N) is 2. The summed E-state index contributed by atoms with van der Waals surface area (Å²) in [7, 11) is -3.19. The Hall–Kier alpha value is -0.800. The Morgan fingerprint density at radius 2 is 2.19 bits per heavy atom. The standard InChI is InChI=1S/C12H21N3O4S2/c1-12-5-4-10(16)15(12)9(8-20-12)11(17)13-6-3-7-14-21(2,18)19/h9,14H,3-8H2,1-2H3,(H,13,17)/t9-,12+/m0/s1. The minimum Gasteiger partial charge on any atom is -0.354 e. The van der Waals surface area contributed by atoms with Crippen LogP contribution in [0.1, 0.15) is 26.2 Å². The number of hydrogen-bond acceptors (Lipinski definition) is 5. The van der Waals surface area contributed by atoms with Crippen LogP contribution < -0.4 is 10.0 Å². The first-order valence-corrected chi connectivity index (χ1v) is 9.79. The Morgan fingerprint density at radius 1 is 1.48 bits per heavy atom. The zero-order chi connectivity index (χ0) is 15.7. The summed E-state index contributed by atoms with van der Waals surface area (Å²) in [6.45, 7) is 2.69. The van der Waals surface area contributed by atoms with Gasteiger partial charge >= 0.3 is 0 Å². The predicted molar refractivity (Wildman–Crippen MR) is 81.2 cm³/mol. The Labute approximate surface area is 129 Å². The topological polar surface area (TPSA) is 95.6 Å². The molecule has 0 aromatic heterocycles. The van der Waals surface area contributed by atoms with Gasteiger partial charge in [-0.05, 0) is 19.8 Å². The van der Waals surface area contributed by atoms with Gasteiger partial charge in [-0.1, -0.05) is 0 Å². The molecule has 0 aromatic carbocycles.